The third-order valence-electron chi connectivity index (χ3n) is 5.87. The number of ether oxygens (including phenoxy) is 2. The number of hydrazone groups is 1. The number of fused-ring (bicyclic) bond motifs is 1. The summed E-state index contributed by atoms with van der Waals surface area (Å²) < 4.78 is 11.4. The molecule has 0 spiro atoms. The summed E-state index contributed by atoms with van der Waals surface area (Å²) in [6.45, 7) is 6.14. The highest BCUT2D eigenvalue weighted by Crippen LogP contribution is 2.28. The molecule has 39 heavy (non-hydrogen) atoms. The Morgan fingerprint density at radius 3 is 2.67 bits per heavy atom. The number of carbonyl (C=O) groups is 2. The maximum Gasteiger partial charge on any atom is 0.409 e. The number of rotatable bonds is 8. The van der Waals surface area contributed by atoms with Gasteiger partial charge in [-0.25, -0.2) is 9.31 Å². The van der Waals surface area contributed by atoms with Crippen molar-refractivity contribution in [2.45, 2.75) is 19.9 Å². The molecule has 13 nitrogen and oxygen atoms in total. The number of nitrogens with zero attached hydrogens (tertiary/aromatic N) is 6. The fourth-order valence-electron chi connectivity index (χ4n) is 3.69. The second-order valence-corrected chi connectivity index (χ2v) is 8.95. The maximum absolute atomic E-state index is 11.2. The molecule has 3 heterocycles. The van der Waals surface area contributed by atoms with Crippen LogP contribution in [0.4, 0.5) is 16.2 Å². The third-order valence-corrected chi connectivity index (χ3v) is 6.25. The average Bonchev–Trinajstić information content (AvgIpc) is 3.29. The van der Waals surface area contributed by atoms with Crippen molar-refractivity contribution in [2.24, 2.45) is 21.2 Å². The van der Waals surface area contributed by atoms with Crippen molar-refractivity contribution < 1.29 is 19.1 Å². The van der Waals surface area contributed by atoms with Gasteiger partial charge in [0.05, 0.1) is 49.2 Å². The van der Waals surface area contributed by atoms with E-state index in [-0.39, 0.29) is 18.0 Å². The Labute approximate surface area is 231 Å². The van der Waals surface area contributed by atoms with E-state index < -0.39 is 0 Å². The average molecular weight is 558 g/mol. The zero-order valence-corrected chi connectivity index (χ0v) is 23.0. The van der Waals surface area contributed by atoms with Crippen LogP contribution in [0.25, 0.3) is 5.52 Å². The lowest BCUT2D eigenvalue weighted by molar-refractivity contribution is -0.105. The number of nitrogens with one attached hydrogen (secondary N) is 2. The molecule has 1 aliphatic heterocycles. The lowest BCUT2D eigenvalue weighted by atomic mass is 10.1. The van der Waals surface area contributed by atoms with Crippen LogP contribution in [0, 0.1) is 13.8 Å². The Kier molecular flexibility index (Phi) is 10.6. The van der Waals surface area contributed by atoms with E-state index in [0.29, 0.717) is 42.4 Å². The van der Waals surface area contributed by atoms with E-state index in [1.54, 1.807) is 30.0 Å². The van der Waals surface area contributed by atoms with Gasteiger partial charge in [-0.3, -0.25) is 4.79 Å². The van der Waals surface area contributed by atoms with E-state index in [2.05, 4.69) is 35.8 Å². The molecule has 0 aliphatic carbocycles. The van der Waals surface area contributed by atoms with E-state index >= 15 is 0 Å². The minimum atomic E-state index is -0.382. The number of pyridine rings is 1. The van der Waals surface area contributed by atoms with Crippen LogP contribution in [-0.2, 0) is 14.3 Å². The van der Waals surface area contributed by atoms with Gasteiger partial charge in [0.25, 0.3) is 0 Å². The summed E-state index contributed by atoms with van der Waals surface area (Å²) in [4.78, 5) is 23.4. The van der Waals surface area contributed by atoms with E-state index in [4.69, 9.17) is 22.2 Å². The van der Waals surface area contributed by atoms with Crippen LogP contribution in [0.5, 0.6) is 0 Å². The normalized spacial score (nSPS) is 13.6. The second-order valence-electron chi connectivity index (χ2n) is 8.57. The number of nitrogens with two attached hydrogens (primary N) is 1. The van der Waals surface area contributed by atoms with Crippen LogP contribution >= 0.6 is 11.6 Å². The number of amides is 2. The molecule has 1 aliphatic rings. The molecule has 1 saturated heterocycles. The third kappa shape index (κ3) is 7.42. The zero-order valence-electron chi connectivity index (χ0n) is 22.2. The molecule has 0 bridgehead atoms. The Hall–Kier alpha value is -4.23. The molecule has 0 saturated carbocycles. The summed E-state index contributed by atoms with van der Waals surface area (Å²) in [6.07, 6.45) is 3.92. The number of hydrogen-bond acceptors (Lipinski definition) is 9. The number of benzene rings is 1. The molecular weight excluding hydrogens is 526 g/mol. The number of carbonyl (C=O) groups excluding carboxylic acids is 2. The predicted octanol–water partition coefficient (Wildman–Crippen LogP) is 3.44. The summed E-state index contributed by atoms with van der Waals surface area (Å²) in [5.41, 5.74) is 5.12. The highest BCUT2D eigenvalue weighted by molar-refractivity contribution is 6.36. The summed E-state index contributed by atoms with van der Waals surface area (Å²) in [6, 6.07) is 7.14. The number of azo groups is 1. The van der Waals surface area contributed by atoms with Crippen LogP contribution in [0.15, 0.2) is 52.0 Å². The number of halogens is 1. The number of methoxy groups -OCH3 is 2. The molecule has 208 valence electrons. The molecule has 2 amide bonds. The molecule has 2 aromatic heterocycles. The van der Waals surface area contributed by atoms with Crippen molar-refractivity contribution in [2.75, 3.05) is 51.1 Å². The van der Waals surface area contributed by atoms with Gasteiger partial charge in [-0.15, -0.1) is 5.11 Å². The van der Waals surface area contributed by atoms with Gasteiger partial charge in [0.1, 0.15) is 6.04 Å². The minimum absolute atomic E-state index is 0.108. The molecule has 3 aromatic rings. The number of likely N-dealkylation sites (tertiary alicyclic amines) is 1. The summed E-state index contributed by atoms with van der Waals surface area (Å²) in [5, 5.41) is 22.5. The van der Waals surface area contributed by atoms with E-state index in [1.807, 2.05) is 32.2 Å². The molecule has 0 atom stereocenters. The van der Waals surface area contributed by atoms with Crippen LogP contribution < -0.4 is 16.5 Å². The van der Waals surface area contributed by atoms with Crippen LogP contribution in [0.2, 0.25) is 5.02 Å². The van der Waals surface area contributed by atoms with Gasteiger partial charge in [-0.05, 0) is 37.1 Å². The molecule has 0 unspecified atom stereocenters. The van der Waals surface area contributed by atoms with Crippen molar-refractivity contribution in [3.63, 3.8) is 0 Å². The van der Waals surface area contributed by atoms with Crippen molar-refractivity contribution >= 4 is 46.8 Å². The Morgan fingerprint density at radius 1 is 1.23 bits per heavy atom. The Balaban J connectivity index is 0.000000230. The summed E-state index contributed by atoms with van der Waals surface area (Å²) in [7, 11) is 3.01. The first-order valence-corrected chi connectivity index (χ1v) is 12.4. The van der Waals surface area contributed by atoms with Crippen molar-refractivity contribution in [3.8, 4) is 0 Å². The van der Waals surface area contributed by atoms with Crippen molar-refractivity contribution in [3.05, 3.63) is 58.4 Å². The number of aromatic nitrogens is 2. The maximum atomic E-state index is 11.2. The molecule has 4 rings (SSSR count). The quantitative estimate of drug-likeness (QED) is 0.0727. The van der Waals surface area contributed by atoms with E-state index in [9.17, 15) is 9.59 Å². The lowest BCUT2D eigenvalue weighted by Crippen LogP contribution is -2.52. The van der Waals surface area contributed by atoms with Gasteiger partial charge >= 0.3 is 6.09 Å². The fraction of sp³-hybridized carbons (Fsp3) is 0.360. The fourth-order valence-corrected chi connectivity index (χ4v) is 4.05. The van der Waals surface area contributed by atoms with Crippen LogP contribution in [0.1, 0.15) is 16.7 Å². The van der Waals surface area contributed by atoms with E-state index in [0.717, 1.165) is 28.9 Å². The number of aryl methyl sites for hydroxylation is 2. The van der Waals surface area contributed by atoms with Gasteiger partial charge in [0, 0.05) is 31.1 Å². The first-order chi connectivity index (χ1) is 18.8. The molecular formula is C25H32ClN9O4. The summed E-state index contributed by atoms with van der Waals surface area (Å²) >= 11 is 6.30. The number of anilines is 2. The van der Waals surface area contributed by atoms with Crippen LogP contribution in [-0.4, -0.2) is 79.4 Å². The second kappa shape index (κ2) is 14.1. The minimum Gasteiger partial charge on any atom is -0.453 e. The molecule has 1 aromatic carbocycles. The Bertz CT molecular complexity index is 1350. The molecule has 14 heteroatoms. The van der Waals surface area contributed by atoms with Gasteiger partial charge in [-0.2, -0.15) is 15.3 Å². The largest absolute Gasteiger partial charge is 0.453 e. The molecule has 1 fully saturated rings. The van der Waals surface area contributed by atoms with Crippen LogP contribution in [0.3, 0.4) is 0 Å². The molecule has 4 N–H and O–H groups in total. The van der Waals surface area contributed by atoms with E-state index in [1.165, 1.54) is 12.0 Å². The predicted molar refractivity (Wildman–Crippen MR) is 150 cm³/mol. The highest BCUT2D eigenvalue weighted by Gasteiger charge is 2.31. The monoisotopic (exact) mass is 557 g/mol. The van der Waals surface area contributed by atoms with Crippen molar-refractivity contribution in [1.82, 2.24) is 14.5 Å². The number of amidine groups is 1. The smallest absolute Gasteiger partial charge is 0.409 e. The zero-order chi connectivity index (χ0) is 28.4. The van der Waals surface area contributed by atoms with Gasteiger partial charge in [0.15, 0.2) is 5.84 Å². The Morgan fingerprint density at radius 2 is 2.00 bits per heavy atom. The molecule has 0 radical (unpaired) electrons. The van der Waals surface area contributed by atoms with Gasteiger partial charge in [0.2, 0.25) is 6.41 Å². The topological polar surface area (TPSA) is 160 Å². The first kappa shape index (κ1) is 29.3. The number of hydrogen-bond donors (Lipinski definition) is 3. The van der Waals surface area contributed by atoms with Crippen molar-refractivity contribution in [1.29, 1.82) is 0 Å². The van der Waals surface area contributed by atoms with Gasteiger partial charge < -0.3 is 30.8 Å². The lowest BCUT2D eigenvalue weighted by Gasteiger charge is -2.34. The SMILES string of the molecule is COC(=O)N1CC(N=N/C(=N\N)c2ccc(C)c(NC=O)c2)C1.COCCNc1ccn2ncc(C)c2c1Cl. The first-order valence-electron chi connectivity index (χ1n) is 12.0. The summed E-state index contributed by atoms with van der Waals surface area (Å²) in [5.74, 6) is 5.62. The highest BCUT2D eigenvalue weighted by atomic mass is 35.5. The standard InChI is InChI=1S/C14H18N6O3.C11H14ClN3O/c1-9-3-4-10(5-12(9)16-8-21)13(17-15)19-18-11-6-20(7-11)14(22)23-2;1-8-7-14-15-5-3-9(10(12)11(8)15)13-4-6-16-2/h3-5,8,11H,6-7,15H2,1-2H3,(H,16,21);3,5,7,13H,4,6H2,1-2H3/b17-13-,19-18?;. The van der Waals surface area contributed by atoms with Gasteiger partial charge in [-0.1, -0.05) is 23.7 Å².